The van der Waals surface area contributed by atoms with Crippen molar-refractivity contribution < 1.29 is 14.3 Å². The quantitative estimate of drug-likeness (QED) is 0.883. The first kappa shape index (κ1) is 11.4. The molecular weight excluding hydrogens is 233 g/mol. The summed E-state index contributed by atoms with van der Waals surface area (Å²) in [7, 11) is 0. The second-order valence-corrected chi connectivity index (χ2v) is 4.37. The van der Waals surface area contributed by atoms with Gasteiger partial charge >= 0.3 is 5.97 Å². The Morgan fingerprint density at radius 3 is 2.81 bits per heavy atom. The first-order valence-electron chi connectivity index (χ1n) is 4.95. The molecule has 2 rings (SSSR count). The summed E-state index contributed by atoms with van der Waals surface area (Å²) in [6.45, 7) is 1.63. The number of rotatable bonds is 3. The lowest BCUT2D eigenvalue weighted by Gasteiger charge is -2.36. The van der Waals surface area contributed by atoms with Gasteiger partial charge in [0.25, 0.3) is 0 Å². The molecule has 1 aliphatic rings. The number of hydrogen-bond donors (Lipinski definition) is 1. The summed E-state index contributed by atoms with van der Waals surface area (Å²) >= 11 is 5.87. The Balaban J connectivity index is 1.94. The highest BCUT2D eigenvalue weighted by atomic mass is 35.5. The molecule has 0 unspecified atom stereocenters. The van der Waals surface area contributed by atoms with Gasteiger partial charge in [-0.3, -0.25) is 9.69 Å². The van der Waals surface area contributed by atoms with Gasteiger partial charge in [0.1, 0.15) is 5.82 Å². The van der Waals surface area contributed by atoms with Gasteiger partial charge in [0.15, 0.2) is 0 Å². The molecule has 0 radical (unpaired) electrons. The van der Waals surface area contributed by atoms with E-state index in [9.17, 15) is 9.18 Å². The van der Waals surface area contributed by atoms with Crippen molar-refractivity contribution in [2.24, 2.45) is 5.92 Å². The molecule has 1 aromatic rings. The highest BCUT2D eigenvalue weighted by Gasteiger charge is 2.32. The first-order chi connectivity index (χ1) is 7.56. The summed E-state index contributed by atoms with van der Waals surface area (Å²) in [5, 5.41) is 9.09. The molecule has 1 N–H and O–H groups in total. The monoisotopic (exact) mass is 243 g/mol. The van der Waals surface area contributed by atoms with Crippen LogP contribution in [0.25, 0.3) is 0 Å². The van der Waals surface area contributed by atoms with Crippen molar-refractivity contribution in [3.8, 4) is 0 Å². The summed E-state index contributed by atoms with van der Waals surface area (Å²) in [5.41, 5.74) is 0.826. The van der Waals surface area contributed by atoms with Crippen molar-refractivity contribution in [1.29, 1.82) is 0 Å². The number of nitrogens with zero attached hydrogens (tertiary/aromatic N) is 1. The maximum atomic E-state index is 12.8. The molecule has 5 heteroatoms. The molecule has 0 aromatic heterocycles. The normalized spacial score (nSPS) is 17.1. The summed E-state index contributed by atoms with van der Waals surface area (Å²) in [4.78, 5) is 12.6. The second-order valence-electron chi connectivity index (χ2n) is 3.96. The van der Waals surface area contributed by atoms with E-state index in [4.69, 9.17) is 16.7 Å². The molecule has 0 spiro atoms. The zero-order valence-electron chi connectivity index (χ0n) is 8.49. The van der Waals surface area contributed by atoms with Crippen molar-refractivity contribution in [3.63, 3.8) is 0 Å². The van der Waals surface area contributed by atoms with E-state index in [1.807, 2.05) is 4.90 Å². The van der Waals surface area contributed by atoms with Crippen LogP contribution in [0.5, 0.6) is 0 Å². The topological polar surface area (TPSA) is 40.5 Å². The highest BCUT2D eigenvalue weighted by molar-refractivity contribution is 6.31. The van der Waals surface area contributed by atoms with Gasteiger partial charge in [-0.05, 0) is 17.7 Å². The summed E-state index contributed by atoms with van der Waals surface area (Å²) in [6.07, 6.45) is 0. The van der Waals surface area contributed by atoms with E-state index < -0.39 is 5.97 Å². The minimum atomic E-state index is -0.763. The van der Waals surface area contributed by atoms with E-state index in [-0.39, 0.29) is 11.7 Å². The zero-order chi connectivity index (χ0) is 11.7. The largest absolute Gasteiger partial charge is 0.481 e. The molecule has 1 fully saturated rings. The Kier molecular flexibility index (Phi) is 3.12. The summed E-state index contributed by atoms with van der Waals surface area (Å²) in [6, 6.07) is 4.26. The molecule has 86 valence electrons. The van der Waals surface area contributed by atoms with Crippen LogP contribution >= 0.6 is 11.6 Å². The molecule has 1 saturated heterocycles. The van der Waals surface area contributed by atoms with E-state index >= 15 is 0 Å². The molecule has 1 aliphatic heterocycles. The Morgan fingerprint density at radius 1 is 1.56 bits per heavy atom. The fourth-order valence-electron chi connectivity index (χ4n) is 1.75. The number of likely N-dealkylation sites (tertiary alicyclic amines) is 1. The van der Waals surface area contributed by atoms with Crippen molar-refractivity contribution in [1.82, 2.24) is 4.90 Å². The molecule has 0 aliphatic carbocycles. The lowest BCUT2D eigenvalue weighted by Crippen LogP contribution is -2.49. The van der Waals surface area contributed by atoms with Crippen LogP contribution in [0.1, 0.15) is 5.56 Å². The Labute approximate surface area is 97.4 Å². The third-order valence-corrected chi connectivity index (χ3v) is 3.07. The van der Waals surface area contributed by atoms with Crippen LogP contribution < -0.4 is 0 Å². The standard InChI is InChI=1S/C11H11ClFNO2/c12-10-3-9(13)2-1-7(10)4-14-5-8(6-14)11(15)16/h1-3,8H,4-6H2,(H,15,16). The average molecular weight is 244 g/mol. The lowest BCUT2D eigenvalue weighted by molar-refractivity contribution is -0.147. The average Bonchev–Trinajstić information content (AvgIpc) is 2.12. The third-order valence-electron chi connectivity index (χ3n) is 2.72. The SMILES string of the molecule is O=C(O)C1CN(Cc2ccc(F)cc2Cl)C1. The number of carbonyl (C=O) groups is 1. The number of aliphatic carboxylic acids is 1. The lowest BCUT2D eigenvalue weighted by atomic mass is 9.99. The van der Waals surface area contributed by atoms with Crippen LogP contribution in [0.3, 0.4) is 0 Å². The second kappa shape index (κ2) is 4.39. The number of carboxylic acids is 1. The van der Waals surface area contributed by atoms with E-state index in [1.165, 1.54) is 12.1 Å². The van der Waals surface area contributed by atoms with E-state index in [2.05, 4.69) is 0 Å². The fraction of sp³-hybridized carbons (Fsp3) is 0.364. The first-order valence-corrected chi connectivity index (χ1v) is 5.33. The maximum absolute atomic E-state index is 12.8. The smallest absolute Gasteiger partial charge is 0.309 e. The van der Waals surface area contributed by atoms with Gasteiger partial charge in [0.2, 0.25) is 0 Å². The third kappa shape index (κ3) is 2.33. The Morgan fingerprint density at radius 2 is 2.25 bits per heavy atom. The summed E-state index contributed by atoms with van der Waals surface area (Å²) < 4.78 is 12.8. The van der Waals surface area contributed by atoms with E-state index in [1.54, 1.807) is 6.07 Å². The Bertz CT molecular complexity index is 418. The van der Waals surface area contributed by atoms with Crippen molar-refractivity contribution in [2.45, 2.75) is 6.54 Å². The van der Waals surface area contributed by atoms with Gasteiger partial charge in [-0.25, -0.2) is 4.39 Å². The molecule has 1 aromatic carbocycles. The van der Waals surface area contributed by atoms with Crippen LogP contribution in [-0.4, -0.2) is 29.1 Å². The van der Waals surface area contributed by atoms with Crippen molar-refractivity contribution in [3.05, 3.63) is 34.6 Å². The van der Waals surface area contributed by atoms with Crippen LogP contribution in [0.4, 0.5) is 4.39 Å². The van der Waals surface area contributed by atoms with Gasteiger partial charge in [0, 0.05) is 24.7 Å². The molecule has 3 nitrogen and oxygen atoms in total. The number of benzene rings is 1. The van der Waals surface area contributed by atoms with Gasteiger partial charge in [0.05, 0.1) is 5.92 Å². The Hall–Kier alpha value is -1.13. The maximum Gasteiger partial charge on any atom is 0.309 e. The van der Waals surface area contributed by atoms with E-state index in [0.29, 0.717) is 24.7 Å². The predicted molar refractivity (Wildman–Crippen MR) is 57.8 cm³/mol. The number of carboxylic acid groups (broad SMARTS) is 1. The summed E-state index contributed by atoms with van der Waals surface area (Å²) in [5.74, 6) is -1.40. The molecule has 0 bridgehead atoms. The van der Waals surface area contributed by atoms with Gasteiger partial charge in [-0.15, -0.1) is 0 Å². The van der Waals surface area contributed by atoms with Crippen molar-refractivity contribution >= 4 is 17.6 Å². The van der Waals surface area contributed by atoms with Crippen molar-refractivity contribution in [2.75, 3.05) is 13.1 Å². The molecule has 1 heterocycles. The zero-order valence-corrected chi connectivity index (χ0v) is 9.25. The van der Waals surface area contributed by atoms with Gasteiger partial charge in [-0.2, -0.15) is 0 Å². The van der Waals surface area contributed by atoms with Crippen LogP contribution in [0.15, 0.2) is 18.2 Å². The predicted octanol–water partition coefficient (Wildman–Crippen LogP) is 2.00. The molecule has 0 saturated carbocycles. The van der Waals surface area contributed by atoms with Gasteiger partial charge < -0.3 is 5.11 Å². The molecule has 16 heavy (non-hydrogen) atoms. The van der Waals surface area contributed by atoms with Crippen LogP contribution in [0, 0.1) is 11.7 Å². The highest BCUT2D eigenvalue weighted by Crippen LogP contribution is 2.23. The minimum Gasteiger partial charge on any atom is -0.481 e. The minimum absolute atomic E-state index is 0.278. The number of hydrogen-bond acceptors (Lipinski definition) is 2. The van der Waals surface area contributed by atoms with E-state index in [0.717, 1.165) is 5.56 Å². The molecule has 0 atom stereocenters. The van der Waals surface area contributed by atoms with Crippen LogP contribution in [0.2, 0.25) is 5.02 Å². The molecule has 0 amide bonds. The fourth-order valence-corrected chi connectivity index (χ4v) is 1.97. The molecular formula is C11H11ClFNO2. The number of halogens is 2. The van der Waals surface area contributed by atoms with Crippen LogP contribution in [-0.2, 0) is 11.3 Å². The van der Waals surface area contributed by atoms with Gasteiger partial charge in [-0.1, -0.05) is 17.7 Å².